The minimum absolute atomic E-state index is 0.0471. The van der Waals surface area contributed by atoms with Gasteiger partial charge in [-0.25, -0.2) is 0 Å². The highest BCUT2D eigenvalue weighted by molar-refractivity contribution is 5.72. The molecule has 0 spiro atoms. The number of aliphatic hydroxyl groups excluding tert-OH is 1. The van der Waals surface area contributed by atoms with Gasteiger partial charge in [0.2, 0.25) is 0 Å². The number of aliphatic hydroxyl groups is 1. The van der Waals surface area contributed by atoms with E-state index >= 15 is 0 Å². The average Bonchev–Trinajstić information content (AvgIpc) is 2.42. The molecule has 0 unspecified atom stereocenters. The molecule has 2 rings (SSSR count). The van der Waals surface area contributed by atoms with Crippen molar-refractivity contribution in [2.24, 2.45) is 17.8 Å². The number of carbonyl (C=O) groups excluding carboxylic acids is 1. The lowest BCUT2D eigenvalue weighted by molar-refractivity contribution is -0.148. The van der Waals surface area contributed by atoms with Crippen molar-refractivity contribution < 1.29 is 14.6 Å². The van der Waals surface area contributed by atoms with Crippen molar-refractivity contribution in [3.8, 4) is 0 Å². The van der Waals surface area contributed by atoms with Gasteiger partial charge in [0.25, 0.3) is 0 Å². The largest absolute Gasteiger partial charge is 0.469 e. The fourth-order valence-electron chi connectivity index (χ4n) is 2.86. The molecule has 0 aromatic rings. The van der Waals surface area contributed by atoms with Crippen LogP contribution in [0, 0.1) is 17.8 Å². The number of hydrogen-bond acceptors (Lipinski definition) is 3. The third-order valence-corrected chi connectivity index (χ3v) is 3.58. The highest BCUT2D eigenvalue weighted by Crippen LogP contribution is 2.45. The van der Waals surface area contributed by atoms with Crippen molar-refractivity contribution in [1.82, 2.24) is 0 Å². The van der Waals surface area contributed by atoms with Crippen molar-refractivity contribution >= 4 is 5.97 Å². The number of methoxy groups -OCH3 is 1. The number of esters is 1. The molecule has 0 saturated heterocycles. The van der Waals surface area contributed by atoms with Gasteiger partial charge in [0.1, 0.15) is 0 Å². The maximum Gasteiger partial charge on any atom is 0.308 e. The van der Waals surface area contributed by atoms with Crippen LogP contribution >= 0.6 is 0 Å². The summed E-state index contributed by atoms with van der Waals surface area (Å²) in [5.74, 6) is 0.653. The van der Waals surface area contributed by atoms with Crippen LogP contribution < -0.4 is 0 Å². The quantitative estimate of drug-likeness (QED) is 0.617. The van der Waals surface area contributed by atoms with Crippen LogP contribution in [0.3, 0.4) is 0 Å². The van der Waals surface area contributed by atoms with Gasteiger partial charge >= 0.3 is 5.97 Å². The summed E-state index contributed by atoms with van der Waals surface area (Å²) in [6, 6.07) is 0. The van der Waals surface area contributed by atoms with E-state index in [1.807, 2.05) is 0 Å². The zero-order valence-electron chi connectivity index (χ0n) is 7.90. The van der Waals surface area contributed by atoms with Crippen molar-refractivity contribution in [2.75, 3.05) is 7.11 Å². The van der Waals surface area contributed by atoms with Gasteiger partial charge in [-0.1, -0.05) is 0 Å². The summed E-state index contributed by atoms with van der Waals surface area (Å²) in [5, 5.41) is 9.73. The molecule has 0 radical (unpaired) electrons. The molecule has 2 atom stereocenters. The van der Waals surface area contributed by atoms with E-state index < -0.39 is 0 Å². The molecule has 0 aromatic heterocycles. The number of ether oxygens (including phenoxy) is 1. The second kappa shape index (κ2) is 3.29. The van der Waals surface area contributed by atoms with Crippen LogP contribution in [0.1, 0.15) is 25.7 Å². The van der Waals surface area contributed by atoms with Crippen LogP contribution in [-0.2, 0) is 9.53 Å². The Kier molecular flexibility index (Phi) is 2.28. The molecule has 13 heavy (non-hydrogen) atoms. The Morgan fingerprint density at radius 3 is 2.31 bits per heavy atom. The van der Waals surface area contributed by atoms with Crippen LogP contribution in [0.25, 0.3) is 0 Å². The molecular weight excluding hydrogens is 168 g/mol. The van der Waals surface area contributed by atoms with Crippen LogP contribution in [0.5, 0.6) is 0 Å². The lowest BCUT2D eigenvalue weighted by atomic mass is 9.79. The minimum atomic E-state index is -0.152. The highest BCUT2D eigenvalue weighted by Gasteiger charge is 2.43. The number of fused-ring (bicyclic) bond motifs is 2. The van der Waals surface area contributed by atoms with Crippen LogP contribution in [-0.4, -0.2) is 24.3 Å². The van der Waals surface area contributed by atoms with E-state index in [4.69, 9.17) is 4.74 Å². The molecular formula is C10H16O3. The molecule has 3 heteroatoms. The van der Waals surface area contributed by atoms with Crippen LogP contribution in [0.2, 0.25) is 0 Å². The molecule has 2 bridgehead atoms. The first kappa shape index (κ1) is 9.00. The molecule has 0 aromatic carbocycles. The van der Waals surface area contributed by atoms with Crippen molar-refractivity contribution in [2.45, 2.75) is 31.8 Å². The first-order valence-corrected chi connectivity index (χ1v) is 4.98. The summed E-state index contributed by atoms with van der Waals surface area (Å²) < 4.78 is 4.73. The molecule has 2 aliphatic rings. The van der Waals surface area contributed by atoms with Crippen LogP contribution in [0.15, 0.2) is 0 Å². The fraction of sp³-hybridized carbons (Fsp3) is 0.900. The van der Waals surface area contributed by atoms with E-state index in [0.717, 1.165) is 25.7 Å². The number of hydrogen-bond donors (Lipinski definition) is 1. The van der Waals surface area contributed by atoms with Crippen LogP contribution in [0.4, 0.5) is 0 Å². The monoisotopic (exact) mass is 184 g/mol. The third-order valence-electron chi connectivity index (χ3n) is 3.58. The Labute approximate surface area is 78.1 Å². The van der Waals surface area contributed by atoms with Gasteiger partial charge in [-0.05, 0) is 37.5 Å². The predicted molar refractivity (Wildman–Crippen MR) is 47.0 cm³/mol. The topological polar surface area (TPSA) is 46.5 Å². The molecule has 2 fully saturated rings. The molecule has 3 nitrogen and oxygen atoms in total. The summed E-state index contributed by atoms with van der Waals surface area (Å²) in [6.07, 6.45) is 3.66. The lowest BCUT2D eigenvalue weighted by Gasteiger charge is -2.30. The number of carbonyl (C=O) groups is 1. The first-order chi connectivity index (χ1) is 6.22. The molecule has 74 valence electrons. The molecule has 0 aliphatic heterocycles. The second-order valence-electron chi connectivity index (χ2n) is 4.28. The summed E-state index contributed by atoms with van der Waals surface area (Å²) >= 11 is 0. The van der Waals surface area contributed by atoms with E-state index in [0.29, 0.717) is 11.8 Å². The Balaban J connectivity index is 2.02. The highest BCUT2D eigenvalue weighted by atomic mass is 16.5. The maximum absolute atomic E-state index is 11.3. The third kappa shape index (κ3) is 1.46. The predicted octanol–water partition coefficient (Wildman–Crippen LogP) is 0.956. The van der Waals surface area contributed by atoms with Gasteiger partial charge in [0.15, 0.2) is 0 Å². The smallest absolute Gasteiger partial charge is 0.308 e. The van der Waals surface area contributed by atoms with Crippen molar-refractivity contribution in [3.63, 3.8) is 0 Å². The van der Waals surface area contributed by atoms with Crippen molar-refractivity contribution in [3.05, 3.63) is 0 Å². The Bertz CT molecular complexity index is 200. The minimum Gasteiger partial charge on any atom is -0.469 e. The first-order valence-electron chi connectivity index (χ1n) is 4.98. The van der Waals surface area contributed by atoms with Crippen molar-refractivity contribution in [1.29, 1.82) is 0 Å². The molecule has 0 amide bonds. The zero-order chi connectivity index (χ0) is 9.42. The molecule has 1 N–H and O–H groups in total. The van der Waals surface area contributed by atoms with E-state index in [-0.39, 0.29) is 18.0 Å². The van der Waals surface area contributed by atoms with Gasteiger partial charge in [0, 0.05) is 0 Å². The van der Waals surface area contributed by atoms with E-state index in [2.05, 4.69) is 0 Å². The normalized spacial score (nSPS) is 43.2. The van der Waals surface area contributed by atoms with E-state index in [1.54, 1.807) is 0 Å². The summed E-state index contributed by atoms with van der Waals surface area (Å²) in [5.41, 5.74) is 0. The van der Waals surface area contributed by atoms with E-state index in [1.165, 1.54) is 7.11 Å². The van der Waals surface area contributed by atoms with Gasteiger partial charge in [-0.15, -0.1) is 0 Å². The average molecular weight is 184 g/mol. The molecule has 2 saturated carbocycles. The molecule has 2 aliphatic carbocycles. The Hall–Kier alpha value is -0.570. The van der Waals surface area contributed by atoms with Gasteiger partial charge in [-0.2, -0.15) is 0 Å². The second-order valence-corrected chi connectivity index (χ2v) is 4.28. The zero-order valence-corrected chi connectivity index (χ0v) is 7.90. The van der Waals surface area contributed by atoms with Gasteiger partial charge < -0.3 is 9.84 Å². The maximum atomic E-state index is 11.3. The van der Waals surface area contributed by atoms with Gasteiger partial charge in [-0.3, -0.25) is 4.79 Å². The summed E-state index contributed by atoms with van der Waals surface area (Å²) in [4.78, 5) is 11.3. The summed E-state index contributed by atoms with van der Waals surface area (Å²) in [7, 11) is 1.44. The molecule has 0 heterocycles. The Morgan fingerprint density at radius 2 is 1.85 bits per heavy atom. The van der Waals surface area contributed by atoms with E-state index in [9.17, 15) is 9.90 Å². The summed E-state index contributed by atoms with van der Waals surface area (Å²) in [6.45, 7) is 0. The van der Waals surface area contributed by atoms with Gasteiger partial charge in [0.05, 0.1) is 19.1 Å². The Morgan fingerprint density at radius 1 is 1.31 bits per heavy atom. The fourth-order valence-corrected chi connectivity index (χ4v) is 2.86. The standard InChI is InChI=1S/C10H16O3/c1-13-10(12)8-4-6-2-3-7(5-8)9(6)11/h6-9,11H,2-5H2,1H3/t6-,7-,8?,9?/m0/s1. The number of rotatable bonds is 1. The SMILES string of the molecule is COC(=O)C1C[C@@H]2CC[C@@H](C1)C2O. The lowest BCUT2D eigenvalue weighted by Crippen LogP contribution is -2.34.